The zero-order valence-corrected chi connectivity index (χ0v) is 12.5. The third kappa shape index (κ3) is 7.17. The third-order valence-electron chi connectivity index (χ3n) is 1.90. The van der Waals surface area contributed by atoms with E-state index in [0.29, 0.717) is 10.5 Å². The smallest absolute Gasteiger partial charge is 0.0919 e. The Balaban J connectivity index is 4.44. The maximum absolute atomic E-state index is 7.23. The molecule has 0 aliphatic rings. The molecule has 0 aliphatic heterocycles. The van der Waals surface area contributed by atoms with Crippen LogP contribution in [0.1, 0.15) is 27.7 Å². The van der Waals surface area contributed by atoms with Gasteiger partial charge in [-0.3, -0.25) is 0 Å². The quantitative estimate of drug-likeness (QED) is 0.655. The van der Waals surface area contributed by atoms with Gasteiger partial charge in [-0.05, 0) is 10.5 Å². The van der Waals surface area contributed by atoms with Crippen LogP contribution in [0.4, 0.5) is 0 Å². The average molecular weight is 261 g/mol. The van der Waals surface area contributed by atoms with Crippen LogP contribution < -0.4 is 5.32 Å². The van der Waals surface area contributed by atoms with Crippen molar-refractivity contribution in [3.05, 3.63) is 11.4 Å². The molecule has 2 N–H and O–H groups in total. The van der Waals surface area contributed by atoms with Crippen molar-refractivity contribution in [3.8, 4) is 0 Å². The molecule has 0 spiro atoms. The van der Waals surface area contributed by atoms with E-state index in [2.05, 4.69) is 38.1 Å². The predicted octanol–water partition coefficient (Wildman–Crippen LogP) is 3.73. The van der Waals surface area contributed by atoms with Crippen molar-refractivity contribution in [1.29, 1.82) is 5.53 Å². The topological polar surface area (TPSA) is 48.2 Å². The average Bonchev–Trinajstić information content (AvgIpc) is 2.22. The molecule has 0 rings (SSSR count). The Labute approximate surface area is 108 Å². The zero-order chi connectivity index (χ0) is 12.6. The lowest BCUT2D eigenvalue weighted by Crippen LogP contribution is -2.13. The summed E-state index contributed by atoms with van der Waals surface area (Å²) in [6, 6.07) is 0. The van der Waals surface area contributed by atoms with Crippen molar-refractivity contribution in [2.45, 2.75) is 38.2 Å². The van der Waals surface area contributed by atoms with Crippen molar-refractivity contribution >= 4 is 23.5 Å². The van der Waals surface area contributed by atoms with Gasteiger partial charge < -0.3 is 5.32 Å². The van der Waals surface area contributed by atoms with Crippen LogP contribution in [0.2, 0.25) is 0 Å². The van der Waals surface area contributed by atoms with Gasteiger partial charge in [-0.1, -0.05) is 27.7 Å². The van der Waals surface area contributed by atoms with Gasteiger partial charge in [-0.25, -0.2) is 5.53 Å². The van der Waals surface area contributed by atoms with Crippen LogP contribution in [0, 0.1) is 5.53 Å². The molecular weight excluding hydrogens is 238 g/mol. The molecule has 0 radical (unpaired) electrons. The first-order chi connectivity index (χ1) is 7.51. The first-order valence-electron chi connectivity index (χ1n) is 5.51. The summed E-state index contributed by atoms with van der Waals surface area (Å²) in [5.41, 5.74) is 9.18. The van der Waals surface area contributed by atoms with E-state index in [1.54, 1.807) is 0 Å². The molecule has 0 amide bonds. The Morgan fingerprint density at radius 3 is 2.00 bits per heavy atom. The summed E-state index contributed by atoms with van der Waals surface area (Å²) in [5.74, 6) is 1.72. The van der Waals surface area contributed by atoms with Gasteiger partial charge in [-0.15, -0.1) is 0 Å². The molecule has 94 valence electrons. The van der Waals surface area contributed by atoms with Gasteiger partial charge >= 0.3 is 0 Å². The maximum atomic E-state index is 7.23. The van der Waals surface area contributed by atoms with Crippen molar-refractivity contribution in [2.75, 3.05) is 18.6 Å². The first-order valence-corrected chi connectivity index (χ1v) is 7.61. The van der Waals surface area contributed by atoms with Crippen molar-refractivity contribution in [3.63, 3.8) is 0 Å². The van der Waals surface area contributed by atoms with E-state index >= 15 is 0 Å². The number of rotatable bonds is 8. The Bertz CT molecular complexity index is 237. The SMILES string of the molecule is CN/C(CSC(C)C)=C(/CSC(C)C)N=N. The van der Waals surface area contributed by atoms with Gasteiger partial charge in [0.1, 0.15) is 0 Å². The molecule has 3 nitrogen and oxygen atoms in total. The second-order valence-corrected chi connectivity index (χ2v) is 7.14. The van der Waals surface area contributed by atoms with E-state index in [-0.39, 0.29) is 0 Å². The molecule has 0 saturated heterocycles. The number of hydrogen-bond donors (Lipinski definition) is 2. The van der Waals surface area contributed by atoms with Crippen LogP contribution >= 0.6 is 23.5 Å². The summed E-state index contributed by atoms with van der Waals surface area (Å²) in [4.78, 5) is 0. The lowest BCUT2D eigenvalue weighted by atomic mass is 10.4. The number of nitrogens with one attached hydrogen (secondary N) is 2. The van der Waals surface area contributed by atoms with Crippen LogP contribution in [-0.4, -0.2) is 29.1 Å². The van der Waals surface area contributed by atoms with E-state index in [1.807, 2.05) is 30.6 Å². The highest BCUT2D eigenvalue weighted by atomic mass is 32.2. The second kappa shape index (κ2) is 8.93. The first kappa shape index (κ1) is 15.8. The predicted molar refractivity (Wildman–Crippen MR) is 76.4 cm³/mol. The Morgan fingerprint density at radius 1 is 1.12 bits per heavy atom. The van der Waals surface area contributed by atoms with E-state index < -0.39 is 0 Å². The molecule has 5 heteroatoms. The normalized spacial score (nSPS) is 12.9. The summed E-state index contributed by atoms with van der Waals surface area (Å²) in [5, 5.41) is 7.99. The molecule has 0 aromatic heterocycles. The molecule has 0 aliphatic carbocycles. The van der Waals surface area contributed by atoms with E-state index in [0.717, 1.165) is 22.9 Å². The van der Waals surface area contributed by atoms with Crippen molar-refractivity contribution in [2.24, 2.45) is 5.11 Å². The number of hydrogen-bond acceptors (Lipinski definition) is 5. The molecule has 0 aromatic carbocycles. The van der Waals surface area contributed by atoms with Gasteiger partial charge in [0.15, 0.2) is 0 Å². The molecule has 0 bridgehead atoms. The van der Waals surface area contributed by atoms with Crippen LogP contribution in [0.5, 0.6) is 0 Å². The fraction of sp³-hybridized carbons (Fsp3) is 0.818. The largest absolute Gasteiger partial charge is 0.389 e. The maximum Gasteiger partial charge on any atom is 0.0919 e. The highest BCUT2D eigenvalue weighted by Crippen LogP contribution is 2.20. The minimum atomic E-state index is 0.576. The minimum absolute atomic E-state index is 0.576. The summed E-state index contributed by atoms with van der Waals surface area (Å²) < 4.78 is 0. The van der Waals surface area contributed by atoms with Crippen LogP contribution in [-0.2, 0) is 0 Å². The summed E-state index contributed by atoms with van der Waals surface area (Å²) in [6.45, 7) is 8.68. The molecule has 0 unspecified atom stereocenters. The van der Waals surface area contributed by atoms with E-state index in [4.69, 9.17) is 5.53 Å². The number of nitrogens with zero attached hydrogens (tertiary/aromatic N) is 1. The van der Waals surface area contributed by atoms with Crippen LogP contribution in [0.15, 0.2) is 16.5 Å². The minimum Gasteiger partial charge on any atom is -0.389 e. The highest BCUT2D eigenvalue weighted by molar-refractivity contribution is 8.00. The number of thioether (sulfide) groups is 2. The fourth-order valence-corrected chi connectivity index (χ4v) is 2.52. The molecule has 0 saturated carbocycles. The Kier molecular flexibility index (Phi) is 8.84. The molecule has 16 heavy (non-hydrogen) atoms. The monoisotopic (exact) mass is 261 g/mol. The highest BCUT2D eigenvalue weighted by Gasteiger charge is 2.07. The van der Waals surface area contributed by atoms with Gasteiger partial charge in [0.05, 0.1) is 5.70 Å². The second-order valence-electron chi connectivity index (χ2n) is 4.01. The van der Waals surface area contributed by atoms with Crippen molar-refractivity contribution < 1.29 is 0 Å². The third-order valence-corrected chi connectivity index (χ3v) is 4.13. The van der Waals surface area contributed by atoms with E-state index in [9.17, 15) is 0 Å². The van der Waals surface area contributed by atoms with Gasteiger partial charge in [-0.2, -0.15) is 28.6 Å². The summed E-state index contributed by atoms with van der Waals surface area (Å²) >= 11 is 3.69. The summed E-state index contributed by atoms with van der Waals surface area (Å²) in [6.07, 6.45) is 0. The molecule has 0 fully saturated rings. The lowest BCUT2D eigenvalue weighted by Gasteiger charge is -2.13. The fourth-order valence-electron chi connectivity index (χ4n) is 0.982. The standard InChI is InChI=1S/C11H23N3S2/c1-8(2)15-6-10(13-5)11(14-12)7-16-9(3)4/h8-9,12-13H,6-7H2,1-5H3/b11-10-,14-12?. The zero-order valence-electron chi connectivity index (χ0n) is 10.8. The molecule has 0 aromatic rings. The molecule has 0 heterocycles. The van der Waals surface area contributed by atoms with Crippen LogP contribution in [0.3, 0.4) is 0 Å². The van der Waals surface area contributed by atoms with Gasteiger partial charge in [0, 0.05) is 24.3 Å². The van der Waals surface area contributed by atoms with E-state index in [1.165, 1.54) is 0 Å². The lowest BCUT2D eigenvalue weighted by molar-refractivity contribution is 0.920. The molecule has 0 atom stereocenters. The molecular formula is C11H23N3S2. The Hall–Kier alpha value is -0.160. The van der Waals surface area contributed by atoms with Gasteiger partial charge in [0.2, 0.25) is 0 Å². The van der Waals surface area contributed by atoms with Gasteiger partial charge in [0.25, 0.3) is 0 Å². The van der Waals surface area contributed by atoms with Crippen molar-refractivity contribution in [1.82, 2.24) is 5.32 Å². The Morgan fingerprint density at radius 2 is 1.62 bits per heavy atom. The van der Waals surface area contributed by atoms with Crippen LogP contribution in [0.25, 0.3) is 0 Å². The summed E-state index contributed by atoms with van der Waals surface area (Å²) in [7, 11) is 1.90.